The Bertz CT molecular complexity index is 848. The quantitative estimate of drug-likeness (QED) is 0.496. The van der Waals surface area contributed by atoms with Crippen molar-refractivity contribution in [3.63, 3.8) is 0 Å². The second-order valence-electron chi connectivity index (χ2n) is 5.18. The van der Waals surface area contributed by atoms with Crippen molar-refractivity contribution in [2.24, 2.45) is 7.05 Å². The number of hydrogen-bond acceptors (Lipinski definition) is 7. The van der Waals surface area contributed by atoms with Gasteiger partial charge in [0.25, 0.3) is 0 Å². The lowest BCUT2D eigenvalue weighted by Crippen LogP contribution is -1.97. The molecule has 0 atom stereocenters. The van der Waals surface area contributed by atoms with E-state index in [0.717, 1.165) is 29.0 Å². The first-order valence-corrected chi connectivity index (χ1v) is 8.75. The largest absolute Gasteiger partial charge is 0.330 e. The van der Waals surface area contributed by atoms with E-state index in [9.17, 15) is 4.79 Å². The molecule has 3 rings (SSSR count). The number of rotatable bonds is 7. The van der Waals surface area contributed by atoms with E-state index in [-0.39, 0.29) is 0 Å². The summed E-state index contributed by atoms with van der Waals surface area (Å²) in [5, 5.41) is 7.45. The molecule has 0 unspecified atom stereocenters. The van der Waals surface area contributed by atoms with Gasteiger partial charge < -0.3 is 10.0 Å². The van der Waals surface area contributed by atoms with Crippen molar-refractivity contribution in [3.8, 4) is 11.3 Å². The van der Waals surface area contributed by atoms with E-state index >= 15 is 0 Å². The smallest absolute Gasteiger partial charge is 0.164 e. The predicted molar refractivity (Wildman–Crippen MR) is 101 cm³/mol. The third-order valence-corrected chi connectivity index (χ3v) is 4.17. The molecule has 0 radical (unpaired) electrons. The fourth-order valence-corrected chi connectivity index (χ4v) is 2.87. The second-order valence-corrected chi connectivity index (χ2v) is 6.25. The SMILES string of the molecule is CCSNc1ccc(-c2c(C=O)c(Nc3cnccn3)nn2C)cc1. The zero-order valence-electron chi connectivity index (χ0n) is 13.9. The fraction of sp³-hybridized carbons (Fsp3) is 0.176. The average Bonchev–Trinajstić information content (AvgIpc) is 2.96. The van der Waals surface area contributed by atoms with Gasteiger partial charge in [-0.25, -0.2) is 4.98 Å². The number of anilines is 3. The van der Waals surface area contributed by atoms with Crippen molar-refractivity contribution in [1.82, 2.24) is 19.7 Å². The topological polar surface area (TPSA) is 84.7 Å². The van der Waals surface area contributed by atoms with Crippen molar-refractivity contribution < 1.29 is 4.79 Å². The lowest BCUT2D eigenvalue weighted by molar-refractivity contribution is 0.112. The molecule has 2 heterocycles. The summed E-state index contributed by atoms with van der Waals surface area (Å²) in [4.78, 5) is 19.8. The highest BCUT2D eigenvalue weighted by Crippen LogP contribution is 2.30. The molecule has 0 saturated carbocycles. The maximum atomic E-state index is 11.7. The van der Waals surface area contributed by atoms with Gasteiger partial charge in [0, 0.05) is 36.4 Å². The molecule has 1 aromatic carbocycles. The highest BCUT2D eigenvalue weighted by Gasteiger charge is 2.17. The van der Waals surface area contributed by atoms with Gasteiger partial charge in [-0.1, -0.05) is 31.0 Å². The Hall–Kier alpha value is -2.87. The molecule has 25 heavy (non-hydrogen) atoms. The van der Waals surface area contributed by atoms with Crippen LogP contribution in [0, 0.1) is 0 Å². The van der Waals surface area contributed by atoms with Crippen LogP contribution in [0.15, 0.2) is 42.9 Å². The molecular weight excluding hydrogens is 336 g/mol. The Morgan fingerprint density at radius 2 is 2.04 bits per heavy atom. The number of benzene rings is 1. The van der Waals surface area contributed by atoms with Crippen molar-refractivity contribution in [1.29, 1.82) is 0 Å². The van der Waals surface area contributed by atoms with Crippen molar-refractivity contribution in [2.45, 2.75) is 6.92 Å². The molecule has 2 aromatic heterocycles. The van der Waals surface area contributed by atoms with Crippen molar-refractivity contribution in [2.75, 3.05) is 15.8 Å². The lowest BCUT2D eigenvalue weighted by atomic mass is 10.1. The molecule has 2 N–H and O–H groups in total. The maximum absolute atomic E-state index is 11.7. The zero-order chi connectivity index (χ0) is 17.6. The van der Waals surface area contributed by atoms with Crippen molar-refractivity contribution in [3.05, 3.63) is 48.4 Å². The van der Waals surface area contributed by atoms with Gasteiger partial charge in [0.2, 0.25) is 0 Å². The highest BCUT2D eigenvalue weighted by molar-refractivity contribution is 8.00. The first-order chi connectivity index (χ1) is 12.2. The van der Waals surface area contributed by atoms with Gasteiger partial charge in [0.1, 0.15) is 5.82 Å². The summed E-state index contributed by atoms with van der Waals surface area (Å²) in [6.45, 7) is 2.09. The molecule has 0 bridgehead atoms. The summed E-state index contributed by atoms with van der Waals surface area (Å²) in [5.74, 6) is 1.97. The zero-order valence-corrected chi connectivity index (χ0v) is 14.7. The molecule has 0 amide bonds. The highest BCUT2D eigenvalue weighted by atomic mass is 32.2. The summed E-state index contributed by atoms with van der Waals surface area (Å²) in [5.41, 5.74) is 3.16. The third kappa shape index (κ3) is 3.80. The van der Waals surface area contributed by atoms with Gasteiger partial charge in [-0.15, -0.1) is 0 Å². The van der Waals surface area contributed by atoms with Crippen LogP contribution in [0.4, 0.5) is 17.3 Å². The Morgan fingerprint density at radius 3 is 2.68 bits per heavy atom. The number of hydrogen-bond donors (Lipinski definition) is 2. The maximum Gasteiger partial charge on any atom is 0.164 e. The summed E-state index contributed by atoms with van der Waals surface area (Å²) >= 11 is 1.63. The number of nitrogens with zero attached hydrogens (tertiary/aromatic N) is 4. The van der Waals surface area contributed by atoms with Crippen molar-refractivity contribution >= 4 is 35.6 Å². The van der Waals surface area contributed by atoms with Crippen LogP contribution in [-0.4, -0.2) is 31.8 Å². The van der Waals surface area contributed by atoms with Gasteiger partial charge >= 0.3 is 0 Å². The Kier molecular flexibility index (Phi) is 5.30. The molecule has 7 nitrogen and oxygen atoms in total. The van der Waals surface area contributed by atoms with Crippen LogP contribution < -0.4 is 10.0 Å². The predicted octanol–water partition coefficient (Wildman–Crippen LogP) is 3.51. The summed E-state index contributed by atoms with van der Waals surface area (Å²) < 4.78 is 4.94. The monoisotopic (exact) mass is 354 g/mol. The van der Waals surface area contributed by atoms with Crippen LogP contribution in [0.2, 0.25) is 0 Å². The number of carbonyl (C=O) groups is 1. The average molecular weight is 354 g/mol. The summed E-state index contributed by atoms with van der Waals surface area (Å²) in [7, 11) is 1.81. The Morgan fingerprint density at radius 1 is 1.24 bits per heavy atom. The van der Waals surface area contributed by atoms with Gasteiger partial charge in [0.15, 0.2) is 12.1 Å². The van der Waals surface area contributed by atoms with E-state index in [1.54, 1.807) is 35.2 Å². The first kappa shape index (κ1) is 17.0. The van der Waals surface area contributed by atoms with Crippen LogP contribution in [0.25, 0.3) is 11.3 Å². The molecule has 0 saturated heterocycles. The van der Waals surface area contributed by atoms with Crippen LogP contribution >= 0.6 is 11.9 Å². The molecule has 0 aliphatic heterocycles. The first-order valence-electron chi connectivity index (χ1n) is 7.76. The van der Waals surface area contributed by atoms with Crippen LogP contribution in [0.3, 0.4) is 0 Å². The van der Waals surface area contributed by atoms with Gasteiger partial charge in [-0.2, -0.15) is 5.10 Å². The molecule has 8 heteroatoms. The summed E-state index contributed by atoms with van der Waals surface area (Å²) in [6, 6.07) is 7.90. The van der Waals surface area contributed by atoms with Gasteiger partial charge in [-0.05, 0) is 12.1 Å². The molecule has 0 spiro atoms. The van der Waals surface area contributed by atoms with Crippen LogP contribution in [-0.2, 0) is 7.05 Å². The molecule has 3 aromatic rings. The van der Waals surface area contributed by atoms with Gasteiger partial charge in [0.05, 0.1) is 17.5 Å². The second kappa shape index (κ2) is 7.80. The van der Waals surface area contributed by atoms with E-state index in [0.29, 0.717) is 17.2 Å². The minimum absolute atomic E-state index is 0.455. The van der Waals surface area contributed by atoms with Crippen LogP contribution in [0.5, 0.6) is 0 Å². The van der Waals surface area contributed by atoms with E-state index in [2.05, 4.69) is 32.0 Å². The van der Waals surface area contributed by atoms with E-state index in [1.165, 1.54) is 0 Å². The lowest BCUT2D eigenvalue weighted by Gasteiger charge is -2.07. The fourth-order valence-electron chi connectivity index (χ4n) is 2.42. The van der Waals surface area contributed by atoms with Gasteiger partial charge in [-0.3, -0.25) is 14.5 Å². The normalized spacial score (nSPS) is 10.5. The number of aryl methyl sites for hydroxylation is 1. The molecular formula is C17H18N6OS. The Labute approximate surface area is 150 Å². The van der Waals surface area contributed by atoms with E-state index in [1.807, 2.05) is 31.3 Å². The molecule has 0 aliphatic carbocycles. The number of carbonyl (C=O) groups excluding carboxylic acids is 1. The number of aromatic nitrogens is 4. The van der Waals surface area contributed by atoms with Crippen LogP contribution in [0.1, 0.15) is 17.3 Å². The molecule has 0 aliphatic rings. The minimum Gasteiger partial charge on any atom is -0.330 e. The number of nitrogens with one attached hydrogen (secondary N) is 2. The minimum atomic E-state index is 0.455. The third-order valence-electron chi connectivity index (χ3n) is 3.50. The summed E-state index contributed by atoms with van der Waals surface area (Å²) in [6.07, 6.45) is 5.55. The van der Waals surface area contributed by atoms with E-state index < -0.39 is 0 Å². The standard InChI is InChI=1S/C17H18N6OS/c1-3-25-22-13-6-4-12(5-7-13)16-14(11-24)17(21-23(16)2)20-15-10-18-8-9-19-15/h4-11,22H,3H2,1-2H3,(H,19,20,21). The molecule has 0 fully saturated rings. The number of aldehydes is 1. The Balaban J connectivity index is 1.92. The van der Waals surface area contributed by atoms with E-state index in [4.69, 9.17) is 0 Å². The molecule has 128 valence electrons.